The number of rotatable bonds is 4. The molecule has 0 radical (unpaired) electrons. The molecule has 0 aliphatic carbocycles. The monoisotopic (exact) mass is 347 g/mol. The first kappa shape index (κ1) is 14.1. The Morgan fingerprint density at radius 3 is 1.94 bits per heavy atom. The molecule has 1 aromatic rings. The molecule has 5 nitrogen and oxygen atoms in total. The first-order valence-corrected chi connectivity index (χ1v) is 15.2. The second-order valence-corrected chi connectivity index (χ2v) is 19.1. The molecule has 0 N–H and O–H groups in total. The number of hydrogen-bond acceptors (Lipinski definition) is 4. The van der Waals surface area contributed by atoms with E-state index in [-0.39, 0.29) is 10.6 Å². The van der Waals surface area contributed by atoms with Crippen LogP contribution in [-0.4, -0.2) is 37.5 Å². The zero-order valence-corrected chi connectivity index (χ0v) is 13.6. The van der Waals surface area contributed by atoms with Gasteiger partial charge in [0.2, 0.25) is 0 Å². The Hall–Kier alpha value is -0.981. The van der Waals surface area contributed by atoms with E-state index in [0.717, 1.165) is 3.58 Å². The Kier molecular flexibility index (Phi) is 4.24. The van der Waals surface area contributed by atoms with E-state index < -0.39 is 18.4 Å². The zero-order chi connectivity index (χ0) is 13.2. The van der Waals surface area contributed by atoms with Gasteiger partial charge in [-0.1, -0.05) is 0 Å². The Morgan fingerprint density at radius 2 is 1.59 bits per heavy atom. The molecule has 0 heterocycles. The summed E-state index contributed by atoms with van der Waals surface area (Å²) in [5.74, 6) is 0.957. The van der Waals surface area contributed by atoms with Gasteiger partial charge in [0.15, 0.2) is 0 Å². The standard InChI is InChI=1S/C8H8NO4.3CH3.Sn/c1-12-7-4-3-6(9(10)11)5-8(7)13-2;;;;/h4-5H,1-2H3;3*1H3;. The molecule has 0 aromatic heterocycles. The summed E-state index contributed by atoms with van der Waals surface area (Å²) in [6.45, 7) is 0. The maximum atomic E-state index is 11.1. The van der Waals surface area contributed by atoms with Crippen molar-refractivity contribution in [3.63, 3.8) is 0 Å². The Morgan fingerprint density at radius 1 is 1.12 bits per heavy atom. The predicted molar refractivity (Wildman–Crippen MR) is 69.2 cm³/mol. The summed E-state index contributed by atoms with van der Waals surface area (Å²) in [7, 11) is 3.01. The second kappa shape index (κ2) is 5.12. The van der Waals surface area contributed by atoms with Crippen LogP contribution in [0.25, 0.3) is 0 Å². The summed E-state index contributed by atoms with van der Waals surface area (Å²) < 4.78 is 11.1. The van der Waals surface area contributed by atoms with Gasteiger partial charge in [0, 0.05) is 0 Å². The third kappa shape index (κ3) is 3.02. The minimum absolute atomic E-state index is 0.144. The van der Waals surface area contributed by atoms with Crippen molar-refractivity contribution in [1.29, 1.82) is 0 Å². The number of nitrogens with zero attached hydrogens (tertiary/aromatic N) is 1. The van der Waals surface area contributed by atoms with Gasteiger partial charge in [0.05, 0.1) is 0 Å². The van der Waals surface area contributed by atoms with Crippen molar-refractivity contribution in [3.8, 4) is 11.5 Å². The average Bonchev–Trinajstić information content (AvgIpc) is 2.25. The summed E-state index contributed by atoms with van der Waals surface area (Å²) in [6.07, 6.45) is 0. The van der Waals surface area contributed by atoms with Crippen LogP contribution in [0, 0.1) is 10.1 Å². The molecule has 0 amide bonds. The van der Waals surface area contributed by atoms with Crippen LogP contribution in [0.1, 0.15) is 0 Å². The Balaban J connectivity index is 3.52. The molecule has 0 atom stereocenters. The van der Waals surface area contributed by atoms with Crippen molar-refractivity contribution in [1.82, 2.24) is 0 Å². The van der Waals surface area contributed by atoms with Crippen molar-refractivity contribution in [2.75, 3.05) is 14.2 Å². The van der Waals surface area contributed by atoms with Crippen LogP contribution in [0.3, 0.4) is 0 Å². The summed E-state index contributed by atoms with van der Waals surface area (Å²) in [6, 6.07) is 3.21. The van der Waals surface area contributed by atoms with Crippen molar-refractivity contribution in [2.45, 2.75) is 14.8 Å². The molecule has 6 heteroatoms. The number of methoxy groups -OCH3 is 2. The summed E-state index contributed by atoms with van der Waals surface area (Å²) >= 11 is -2.55. The average molecular weight is 346 g/mol. The number of ether oxygens (including phenoxy) is 2. The third-order valence-corrected chi connectivity index (χ3v) is 8.26. The van der Waals surface area contributed by atoms with Gasteiger partial charge in [-0.3, -0.25) is 0 Å². The number of nitro benzene ring substituents is 1. The van der Waals surface area contributed by atoms with Gasteiger partial charge in [0.1, 0.15) is 0 Å². The summed E-state index contributed by atoms with van der Waals surface area (Å²) in [5, 5.41) is 11.1. The molecule has 0 bridgehead atoms. The van der Waals surface area contributed by atoms with E-state index >= 15 is 0 Å². The van der Waals surface area contributed by atoms with Crippen molar-refractivity contribution >= 4 is 27.6 Å². The fourth-order valence-electron chi connectivity index (χ4n) is 1.62. The predicted octanol–water partition coefficient (Wildman–Crippen LogP) is 2.16. The van der Waals surface area contributed by atoms with Crippen LogP contribution in [0.4, 0.5) is 5.69 Å². The molecule has 0 spiro atoms. The van der Waals surface area contributed by atoms with Crippen LogP contribution < -0.4 is 13.1 Å². The first-order valence-electron chi connectivity index (χ1n) is 5.22. The normalized spacial score (nSPS) is 11.1. The van der Waals surface area contributed by atoms with Crippen LogP contribution in [0.5, 0.6) is 11.5 Å². The van der Waals surface area contributed by atoms with Crippen LogP contribution in [0.15, 0.2) is 12.1 Å². The first-order chi connectivity index (χ1) is 7.81. The molecule has 0 unspecified atom stereocenters. The van der Waals surface area contributed by atoms with Crippen molar-refractivity contribution in [2.24, 2.45) is 0 Å². The van der Waals surface area contributed by atoms with E-state index in [4.69, 9.17) is 9.47 Å². The van der Waals surface area contributed by atoms with E-state index in [2.05, 4.69) is 14.8 Å². The van der Waals surface area contributed by atoms with Crippen molar-refractivity contribution in [3.05, 3.63) is 22.2 Å². The SMILES string of the molecule is COc1cc([N+](=O)[O-])[c]([Sn]([CH3])([CH3])[CH3])cc1OC. The Labute approximate surface area is 105 Å². The van der Waals surface area contributed by atoms with Crippen LogP contribution in [-0.2, 0) is 0 Å². The molecule has 0 fully saturated rings. The minimum atomic E-state index is -2.55. The molecular weight excluding hydrogens is 329 g/mol. The van der Waals surface area contributed by atoms with E-state index in [9.17, 15) is 10.1 Å². The van der Waals surface area contributed by atoms with Gasteiger partial charge in [-0.25, -0.2) is 0 Å². The van der Waals surface area contributed by atoms with Crippen LogP contribution in [0.2, 0.25) is 14.8 Å². The molecule has 0 saturated heterocycles. The van der Waals surface area contributed by atoms with Gasteiger partial charge in [0.25, 0.3) is 0 Å². The summed E-state index contributed by atoms with van der Waals surface area (Å²) in [4.78, 5) is 17.1. The van der Waals surface area contributed by atoms with E-state index in [1.807, 2.05) is 0 Å². The van der Waals surface area contributed by atoms with Crippen LogP contribution >= 0.6 is 0 Å². The topological polar surface area (TPSA) is 61.6 Å². The van der Waals surface area contributed by atoms with E-state index in [1.165, 1.54) is 20.3 Å². The van der Waals surface area contributed by atoms with Gasteiger partial charge in [-0.15, -0.1) is 0 Å². The maximum absolute atomic E-state index is 11.1. The fourth-order valence-corrected chi connectivity index (χ4v) is 5.89. The molecule has 0 aliphatic heterocycles. The molecule has 0 saturated carbocycles. The second-order valence-electron chi connectivity index (χ2n) is 4.73. The third-order valence-electron chi connectivity index (χ3n) is 2.51. The fraction of sp³-hybridized carbons (Fsp3) is 0.455. The molecule has 94 valence electrons. The summed E-state index contributed by atoms with van der Waals surface area (Å²) in [5.41, 5.74) is 0.144. The quantitative estimate of drug-likeness (QED) is 0.476. The number of hydrogen-bond donors (Lipinski definition) is 0. The zero-order valence-electron chi connectivity index (χ0n) is 10.7. The number of benzene rings is 1. The van der Waals surface area contributed by atoms with Gasteiger partial charge in [-0.2, -0.15) is 0 Å². The van der Waals surface area contributed by atoms with Gasteiger partial charge >= 0.3 is 105 Å². The van der Waals surface area contributed by atoms with E-state index in [0.29, 0.717) is 11.5 Å². The van der Waals surface area contributed by atoms with E-state index in [1.54, 1.807) is 6.07 Å². The molecule has 0 aliphatic rings. The van der Waals surface area contributed by atoms with Gasteiger partial charge in [-0.05, 0) is 0 Å². The van der Waals surface area contributed by atoms with Gasteiger partial charge < -0.3 is 0 Å². The molecule has 17 heavy (non-hydrogen) atoms. The molecule has 1 aromatic carbocycles. The number of nitro groups is 1. The Bertz CT molecular complexity index is 440. The molecule has 1 rings (SSSR count). The molecular formula is C11H17NO4Sn. The van der Waals surface area contributed by atoms with Crippen molar-refractivity contribution < 1.29 is 14.4 Å².